The normalized spacial score (nSPS) is 10.4. The van der Waals surface area contributed by atoms with Crippen molar-refractivity contribution in [2.45, 2.75) is 13.5 Å². The molecule has 1 N–H and O–H groups in total. The number of pyridine rings is 1. The summed E-state index contributed by atoms with van der Waals surface area (Å²) in [4.78, 5) is 19.0. The lowest BCUT2D eigenvalue weighted by Gasteiger charge is -2.22. The van der Waals surface area contributed by atoms with Gasteiger partial charge in [0.1, 0.15) is 5.82 Å². The van der Waals surface area contributed by atoms with E-state index in [1.807, 2.05) is 54.6 Å². The number of anilines is 2. The molecule has 2 aromatic carbocycles. The van der Waals surface area contributed by atoms with Crippen LogP contribution in [0.1, 0.15) is 22.8 Å². The van der Waals surface area contributed by atoms with Crippen LogP contribution in [0.4, 0.5) is 11.5 Å². The summed E-state index contributed by atoms with van der Waals surface area (Å²) in [5.74, 6) is 0.585. The van der Waals surface area contributed by atoms with Crippen LogP contribution in [0, 0.1) is 0 Å². The maximum atomic E-state index is 12.5. The first-order valence-corrected chi connectivity index (χ1v) is 8.87. The summed E-state index contributed by atoms with van der Waals surface area (Å²) in [5, 5.41) is 3.55. The van der Waals surface area contributed by atoms with Crippen LogP contribution < -0.4 is 10.2 Å². The molecule has 1 aromatic heterocycles. The number of nitrogens with zero attached hydrogens (tertiary/aromatic N) is 2. The fourth-order valence-electron chi connectivity index (χ4n) is 2.71. The Hall–Kier alpha value is -2.85. The molecular weight excluding hydrogens is 346 g/mol. The van der Waals surface area contributed by atoms with Gasteiger partial charge in [0.05, 0.1) is 0 Å². The smallest absolute Gasteiger partial charge is 0.251 e. The van der Waals surface area contributed by atoms with Gasteiger partial charge in [0.15, 0.2) is 0 Å². The second-order valence-electron chi connectivity index (χ2n) is 5.76. The lowest BCUT2D eigenvalue weighted by Crippen LogP contribution is -2.24. The Morgan fingerprint density at radius 1 is 1.08 bits per heavy atom. The Labute approximate surface area is 158 Å². The van der Waals surface area contributed by atoms with Crippen molar-refractivity contribution in [1.29, 1.82) is 0 Å². The minimum atomic E-state index is -0.155. The van der Waals surface area contributed by atoms with Crippen LogP contribution in [0.3, 0.4) is 0 Å². The number of nitrogens with one attached hydrogen (secondary N) is 1. The van der Waals surface area contributed by atoms with Crippen LogP contribution in [0.15, 0.2) is 72.9 Å². The number of carbonyl (C=O) groups excluding carboxylic acids is 1. The Bertz CT molecular complexity index is 883. The standard InChI is InChI=1S/C21H20ClN3O/c1-2-25(18-9-4-3-5-10-18)20-14-16(12-13-23-20)21(26)24-15-17-8-6-7-11-19(17)22/h3-14H,2,15H2,1H3,(H,24,26). The van der Waals surface area contributed by atoms with Crippen molar-refractivity contribution in [3.63, 3.8) is 0 Å². The maximum absolute atomic E-state index is 12.5. The van der Waals surface area contributed by atoms with Gasteiger partial charge in [-0.1, -0.05) is 48.0 Å². The van der Waals surface area contributed by atoms with E-state index >= 15 is 0 Å². The van der Waals surface area contributed by atoms with Crippen molar-refractivity contribution in [1.82, 2.24) is 10.3 Å². The molecule has 0 aliphatic rings. The third kappa shape index (κ3) is 4.21. The molecule has 5 heteroatoms. The van der Waals surface area contributed by atoms with Gasteiger partial charge in [0.25, 0.3) is 5.91 Å². The predicted molar refractivity (Wildman–Crippen MR) is 106 cm³/mol. The van der Waals surface area contributed by atoms with Crippen molar-refractivity contribution >= 4 is 29.0 Å². The first kappa shape index (κ1) is 18.0. The van der Waals surface area contributed by atoms with Gasteiger partial charge >= 0.3 is 0 Å². The summed E-state index contributed by atoms with van der Waals surface area (Å²) in [7, 11) is 0. The van der Waals surface area contributed by atoms with E-state index in [1.165, 1.54) is 0 Å². The van der Waals surface area contributed by atoms with Crippen LogP contribution in [0.5, 0.6) is 0 Å². The largest absolute Gasteiger partial charge is 0.348 e. The first-order valence-electron chi connectivity index (χ1n) is 8.49. The number of amides is 1. The number of halogens is 1. The summed E-state index contributed by atoms with van der Waals surface area (Å²) in [5.41, 5.74) is 2.49. The molecule has 0 spiro atoms. The predicted octanol–water partition coefficient (Wildman–Crippen LogP) is 4.82. The van der Waals surface area contributed by atoms with E-state index in [-0.39, 0.29) is 5.91 Å². The van der Waals surface area contributed by atoms with Crippen molar-refractivity contribution in [2.24, 2.45) is 0 Å². The fraction of sp³-hybridized carbons (Fsp3) is 0.143. The van der Waals surface area contributed by atoms with Crippen LogP contribution in [-0.2, 0) is 6.54 Å². The van der Waals surface area contributed by atoms with Gasteiger partial charge in [-0.15, -0.1) is 0 Å². The number of rotatable bonds is 6. The average molecular weight is 366 g/mol. The van der Waals surface area contributed by atoms with E-state index in [4.69, 9.17) is 11.6 Å². The quantitative estimate of drug-likeness (QED) is 0.681. The molecule has 0 unspecified atom stereocenters. The number of para-hydroxylation sites is 1. The van der Waals surface area contributed by atoms with Crippen LogP contribution in [0.25, 0.3) is 0 Å². The van der Waals surface area contributed by atoms with Crippen LogP contribution >= 0.6 is 11.6 Å². The highest BCUT2D eigenvalue weighted by molar-refractivity contribution is 6.31. The molecule has 0 fully saturated rings. The Morgan fingerprint density at radius 3 is 2.54 bits per heavy atom. The zero-order valence-corrected chi connectivity index (χ0v) is 15.3. The zero-order chi connectivity index (χ0) is 18.4. The molecule has 132 valence electrons. The molecule has 1 heterocycles. The maximum Gasteiger partial charge on any atom is 0.251 e. The van der Waals surface area contributed by atoms with E-state index in [0.717, 1.165) is 23.6 Å². The summed E-state index contributed by atoms with van der Waals surface area (Å²) in [6.45, 7) is 3.19. The lowest BCUT2D eigenvalue weighted by molar-refractivity contribution is 0.0951. The van der Waals surface area contributed by atoms with Crippen molar-refractivity contribution in [3.8, 4) is 0 Å². The molecule has 26 heavy (non-hydrogen) atoms. The summed E-state index contributed by atoms with van der Waals surface area (Å²) < 4.78 is 0. The highest BCUT2D eigenvalue weighted by Gasteiger charge is 2.12. The topological polar surface area (TPSA) is 45.2 Å². The Morgan fingerprint density at radius 2 is 1.81 bits per heavy atom. The molecule has 3 rings (SSSR count). The number of hydrogen-bond acceptors (Lipinski definition) is 3. The molecule has 0 radical (unpaired) electrons. The highest BCUT2D eigenvalue weighted by atomic mass is 35.5. The van der Waals surface area contributed by atoms with Gasteiger partial charge in [-0.05, 0) is 42.8 Å². The minimum Gasteiger partial charge on any atom is -0.348 e. The van der Waals surface area contributed by atoms with E-state index in [9.17, 15) is 4.79 Å². The van der Waals surface area contributed by atoms with Crippen LogP contribution in [-0.4, -0.2) is 17.4 Å². The van der Waals surface area contributed by atoms with Gasteiger partial charge in [-0.3, -0.25) is 4.79 Å². The Balaban J connectivity index is 1.76. The summed E-state index contributed by atoms with van der Waals surface area (Å²) >= 11 is 6.14. The summed E-state index contributed by atoms with van der Waals surface area (Å²) in [6, 6.07) is 21.0. The first-order chi connectivity index (χ1) is 12.7. The third-order valence-corrected chi connectivity index (χ3v) is 4.43. The van der Waals surface area contributed by atoms with E-state index in [1.54, 1.807) is 18.3 Å². The van der Waals surface area contributed by atoms with E-state index in [2.05, 4.69) is 22.1 Å². The fourth-order valence-corrected chi connectivity index (χ4v) is 2.91. The number of benzene rings is 2. The molecular formula is C21H20ClN3O. The highest BCUT2D eigenvalue weighted by Crippen LogP contribution is 2.23. The third-order valence-electron chi connectivity index (χ3n) is 4.07. The van der Waals surface area contributed by atoms with E-state index < -0.39 is 0 Å². The lowest BCUT2D eigenvalue weighted by atomic mass is 10.2. The number of hydrogen-bond donors (Lipinski definition) is 1. The number of aromatic nitrogens is 1. The minimum absolute atomic E-state index is 0.155. The monoisotopic (exact) mass is 365 g/mol. The van der Waals surface area contributed by atoms with Gasteiger partial charge in [-0.25, -0.2) is 4.98 Å². The molecule has 3 aromatic rings. The molecule has 0 saturated heterocycles. The summed E-state index contributed by atoms with van der Waals surface area (Å²) in [6.07, 6.45) is 1.66. The van der Waals surface area contributed by atoms with E-state index in [0.29, 0.717) is 17.1 Å². The Kier molecular flexibility index (Phi) is 5.87. The second-order valence-corrected chi connectivity index (χ2v) is 6.16. The molecule has 0 saturated carbocycles. The molecule has 0 bridgehead atoms. The molecule has 0 atom stereocenters. The van der Waals surface area contributed by atoms with Crippen LogP contribution in [0.2, 0.25) is 5.02 Å². The van der Waals surface area contributed by atoms with Gasteiger partial charge in [0.2, 0.25) is 0 Å². The van der Waals surface area contributed by atoms with Gasteiger partial charge < -0.3 is 10.2 Å². The van der Waals surface area contributed by atoms with Crippen molar-refractivity contribution < 1.29 is 4.79 Å². The SMILES string of the molecule is CCN(c1ccccc1)c1cc(C(=O)NCc2ccccc2Cl)ccn1. The van der Waals surface area contributed by atoms with Gasteiger partial charge in [-0.2, -0.15) is 0 Å². The second kappa shape index (κ2) is 8.50. The van der Waals surface area contributed by atoms with Crippen molar-refractivity contribution in [3.05, 3.63) is 89.1 Å². The molecule has 1 amide bonds. The average Bonchev–Trinajstić information content (AvgIpc) is 2.69. The van der Waals surface area contributed by atoms with Gasteiger partial charge in [0, 0.05) is 35.6 Å². The molecule has 4 nitrogen and oxygen atoms in total. The zero-order valence-electron chi connectivity index (χ0n) is 14.5. The molecule has 0 aliphatic carbocycles. The molecule has 0 aliphatic heterocycles. The number of carbonyl (C=O) groups is 1. The van der Waals surface area contributed by atoms with Crippen molar-refractivity contribution in [2.75, 3.05) is 11.4 Å².